The van der Waals surface area contributed by atoms with Gasteiger partial charge in [-0.15, -0.1) is 0 Å². The Balaban J connectivity index is 0.925. The third-order valence-electron chi connectivity index (χ3n) is 7.87. The minimum atomic E-state index is -0.285. The maximum Gasteiger partial charge on any atom is 0.255 e. The van der Waals surface area contributed by atoms with Gasteiger partial charge >= 0.3 is 0 Å². The number of halogens is 2. The molecule has 3 aromatic carbocycles. The molecule has 1 aromatic heterocycles. The number of ether oxygens (including phenoxy) is 2. The van der Waals surface area contributed by atoms with Crippen LogP contribution in [-0.2, 0) is 24.2 Å². The summed E-state index contributed by atoms with van der Waals surface area (Å²) < 4.78 is 10.9. The number of nitrogens with one attached hydrogen (secondary N) is 1. The first-order chi connectivity index (χ1) is 21.4. The molecule has 4 aromatic rings. The number of aryl methyl sites for hydroxylation is 1. The number of carbonyl (C=O) groups excluding carboxylic acids is 2. The van der Waals surface area contributed by atoms with E-state index in [2.05, 4.69) is 45.5 Å². The fourth-order valence-electron chi connectivity index (χ4n) is 5.34. The van der Waals surface area contributed by atoms with Crippen LogP contribution in [0.25, 0.3) is 0 Å². The molecule has 1 fully saturated rings. The zero-order valence-electron chi connectivity index (χ0n) is 24.1. The summed E-state index contributed by atoms with van der Waals surface area (Å²) in [5, 5.41) is 3.55. The summed E-state index contributed by atoms with van der Waals surface area (Å²) in [5.41, 5.74) is 5.35. The van der Waals surface area contributed by atoms with Crippen LogP contribution in [-0.4, -0.2) is 59.6 Å². The molecular formula is C34H32Cl2N4O4. The van der Waals surface area contributed by atoms with Gasteiger partial charge in [0, 0.05) is 56.8 Å². The lowest BCUT2D eigenvalue weighted by atomic mass is 10.0. The summed E-state index contributed by atoms with van der Waals surface area (Å²) in [6.07, 6.45) is 3.51. The predicted octanol–water partition coefficient (Wildman–Crippen LogP) is 6.24. The lowest BCUT2D eigenvalue weighted by Crippen LogP contribution is -2.48. The number of benzene rings is 3. The lowest BCUT2D eigenvalue weighted by molar-refractivity contribution is -0.133. The van der Waals surface area contributed by atoms with Gasteiger partial charge in [0.05, 0.1) is 21.9 Å². The number of anilines is 1. The van der Waals surface area contributed by atoms with Crippen molar-refractivity contribution in [3.8, 4) is 11.5 Å². The highest BCUT2D eigenvalue weighted by atomic mass is 35.5. The van der Waals surface area contributed by atoms with Gasteiger partial charge in [0.15, 0.2) is 11.5 Å². The normalized spacial score (nSPS) is 14.5. The number of pyridine rings is 1. The molecule has 0 unspecified atom stereocenters. The number of piperazine rings is 1. The second-order valence-electron chi connectivity index (χ2n) is 11.0. The van der Waals surface area contributed by atoms with Crippen LogP contribution in [0.2, 0.25) is 10.0 Å². The SMILES string of the molecule is O=C(Nc1ccc(Cc2ccc(CCC(=O)N3CCN(Cc4ccc5c(c4)OCO5)CC3)cc2)nc1)c1ccc(Cl)c(Cl)c1. The Kier molecular flexibility index (Phi) is 9.31. The second-order valence-corrected chi connectivity index (χ2v) is 11.8. The maximum atomic E-state index is 12.9. The zero-order valence-corrected chi connectivity index (χ0v) is 25.6. The number of carbonyl (C=O) groups is 2. The summed E-state index contributed by atoms with van der Waals surface area (Å²) in [7, 11) is 0. The number of hydrogen-bond acceptors (Lipinski definition) is 6. The van der Waals surface area contributed by atoms with E-state index in [1.165, 1.54) is 11.6 Å². The lowest BCUT2D eigenvalue weighted by Gasteiger charge is -2.35. The predicted molar refractivity (Wildman–Crippen MR) is 171 cm³/mol. The fourth-order valence-corrected chi connectivity index (χ4v) is 5.64. The summed E-state index contributed by atoms with van der Waals surface area (Å²) in [6, 6.07) is 22.9. The monoisotopic (exact) mass is 630 g/mol. The van der Waals surface area contributed by atoms with Crippen molar-refractivity contribution in [3.63, 3.8) is 0 Å². The topological polar surface area (TPSA) is 84.0 Å². The Morgan fingerprint density at radius 1 is 0.795 bits per heavy atom. The molecular weight excluding hydrogens is 599 g/mol. The van der Waals surface area contributed by atoms with E-state index in [9.17, 15) is 9.59 Å². The zero-order chi connectivity index (χ0) is 30.5. The van der Waals surface area contributed by atoms with Crippen molar-refractivity contribution in [1.29, 1.82) is 0 Å². The van der Waals surface area contributed by atoms with Crippen molar-refractivity contribution in [2.24, 2.45) is 0 Å². The van der Waals surface area contributed by atoms with Crippen LogP contribution in [0.5, 0.6) is 11.5 Å². The number of aromatic nitrogens is 1. The summed E-state index contributed by atoms with van der Waals surface area (Å²) in [5.74, 6) is 1.52. The average Bonchev–Trinajstić information content (AvgIpc) is 3.51. The van der Waals surface area contributed by atoms with Crippen LogP contribution < -0.4 is 14.8 Å². The quantitative estimate of drug-likeness (QED) is 0.236. The first-order valence-electron chi connectivity index (χ1n) is 14.6. The molecule has 0 radical (unpaired) electrons. The van der Waals surface area contributed by atoms with Crippen molar-refractivity contribution < 1.29 is 19.1 Å². The van der Waals surface area contributed by atoms with Gasteiger partial charge in [0.25, 0.3) is 5.91 Å². The van der Waals surface area contributed by atoms with Gasteiger partial charge in [-0.05, 0) is 65.6 Å². The van der Waals surface area contributed by atoms with Crippen LogP contribution in [0.15, 0.2) is 79.0 Å². The van der Waals surface area contributed by atoms with E-state index in [-0.39, 0.29) is 18.6 Å². The van der Waals surface area contributed by atoms with E-state index in [0.717, 1.165) is 61.0 Å². The first-order valence-corrected chi connectivity index (χ1v) is 15.3. The standard InChI is InChI=1S/C34H32Cl2N4O4/c35-29-10-7-26(19-30(29)36)34(42)38-28-9-8-27(37-20-28)17-24-3-1-23(2-4-24)6-12-33(41)40-15-13-39(14-16-40)21-25-5-11-31-32(18-25)44-22-43-31/h1-5,7-11,18-20H,6,12-17,21-22H2,(H,38,42). The summed E-state index contributed by atoms with van der Waals surface area (Å²) >= 11 is 12.0. The van der Waals surface area contributed by atoms with E-state index in [0.29, 0.717) is 40.6 Å². The molecule has 0 spiro atoms. The van der Waals surface area contributed by atoms with E-state index >= 15 is 0 Å². The molecule has 8 nitrogen and oxygen atoms in total. The molecule has 0 saturated carbocycles. The Bertz CT molecular complexity index is 1640. The van der Waals surface area contributed by atoms with Gasteiger partial charge in [0.2, 0.25) is 12.7 Å². The Morgan fingerprint density at radius 3 is 2.30 bits per heavy atom. The molecule has 0 bridgehead atoms. The molecule has 0 atom stereocenters. The molecule has 0 aliphatic carbocycles. The third-order valence-corrected chi connectivity index (χ3v) is 8.61. The highest BCUT2D eigenvalue weighted by Crippen LogP contribution is 2.33. The molecule has 2 aliphatic heterocycles. The first kappa shape index (κ1) is 29.9. The molecule has 1 saturated heterocycles. The van der Waals surface area contributed by atoms with Gasteiger partial charge < -0.3 is 19.7 Å². The minimum Gasteiger partial charge on any atom is -0.454 e. The van der Waals surface area contributed by atoms with Crippen molar-refractivity contribution >= 4 is 40.7 Å². The summed E-state index contributed by atoms with van der Waals surface area (Å²) in [4.78, 5) is 34.3. The number of amides is 2. The molecule has 6 rings (SSSR count). The van der Waals surface area contributed by atoms with Crippen molar-refractivity contribution in [2.75, 3.05) is 38.3 Å². The van der Waals surface area contributed by atoms with Gasteiger partial charge in [-0.1, -0.05) is 53.5 Å². The van der Waals surface area contributed by atoms with Crippen LogP contribution in [0.1, 0.15) is 39.2 Å². The molecule has 2 aliphatic rings. The number of rotatable bonds is 9. The van der Waals surface area contributed by atoms with Gasteiger partial charge in [-0.3, -0.25) is 19.5 Å². The fraction of sp³-hybridized carbons (Fsp3) is 0.265. The smallest absolute Gasteiger partial charge is 0.255 e. The van der Waals surface area contributed by atoms with Gasteiger partial charge in [-0.2, -0.15) is 0 Å². The maximum absolute atomic E-state index is 12.9. The highest BCUT2D eigenvalue weighted by Gasteiger charge is 2.22. The Labute approximate surface area is 266 Å². The van der Waals surface area contributed by atoms with Crippen molar-refractivity contribution in [2.45, 2.75) is 25.8 Å². The molecule has 2 amide bonds. The van der Waals surface area contributed by atoms with Crippen molar-refractivity contribution in [1.82, 2.24) is 14.8 Å². The largest absolute Gasteiger partial charge is 0.454 e. The van der Waals surface area contributed by atoms with Crippen molar-refractivity contribution in [3.05, 3.63) is 117 Å². The molecule has 44 heavy (non-hydrogen) atoms. The van der Waals surface area contributed by atoms with E-state index in [1.807, 2.05) is 29.2 Å². The Morgan fingerprint density at radius 2 is 1.55 bits per heavy atom. The van der Waals surface area contributed by atoms with E-state index < -0.39 is 0 Å². The van der Waals surface area contributed by atoms with Gasteiger partial charge in [0.1, 0.15) is 0 Å². The van der Waals surface area contributed by atoms with Crippen LogP contribution in [0.3, 0.4) is 0 Å². The van der Waals surface area contributed by atoms with Crippen LogP contribution in [0.4, 0.5) is 5.69 Å². The average molecular weight is 632 g/mol. The summed E-state index contributed by atoms with van der Waals surface area (Å²) in [6.45, 7) is 4.31. The highest BCUT2D eigenvalue weighted by molar-refractivity contribution is 6.42. The third kappa shape index (κ3) is 7.50. The number of fused-ring (bicyclic) bond motifs is 1. The number of hydrogen-bond donors (Lipinski definition) is 1. The minimum absolute atomic E-state index is 0.201. The van der Waals surface area contributed by atoms with Crippen LogP contribution in [0, 0.1) is 0 Å². The second kappa shape index (κ2) is 13.7. The number of nitrogens with zero attached hydrogens (tertiary/aromatic N) is 3. The molecule has 3 heterocycles. The van der Waals surface area contributed by atoms with E-state index in [1.54, 1.807) is 18.3 Å². The Hall–Kier alpha value is -4.11. The molecule has 226 valence electrons. The van der Waals surface area contributed by atoms with Gasteiger partial charge in [-0.25, -0.2) is 0 Å². The van der Waals surface area contributed by atoms with Crippen LogP contribution >= 0.6 is 23.2 Å². The molecule has 10 heteroatoms. The molecule has 1 N–H and O–H groups in total. The van der Waals surface area contributed by atoms with E-state index in [4.69, 9.17) is 32.7 Å².